The number of carbonyl (C=O) groups excluding carboxylic acids is 5. The molecule has 1 aromatic rings. The van der Waals surface area contributed by atoms with Crippen molar-refractivity contribution in [3.8, 4) is 5.75 Å². The van der Waals surface area contributed by atoms with Crippen molar-refractivity contribution in [2.75, 3.05) is 47.8 Å². The van der Waals surface area contributed by atoms with Crippen molar-refractivity contribution in [3.05, 3.63) is 28.6 Å². The molecule has 3 aliphatic carbocycles. The van der Waals surface area contributed by atoms with Gasteiger partial charge in [-0.15, -0.1) is 0 Å². The third kappa shape index (κ3) is 4.68. The van der Waals surface area contributed by atoms with E-state index in [0.717, 1.165) is 32.5 Å². The second kappa shape index (κ2) is 10.9. The van der Waals surface area contributed by atoms with E-state index in [1.54, 1.807) is 0 Å². The van der Waals surface area contributed by atoms with Crippen LogP contribution in [0.3, 0.4) is 0 Å². The molecule has 5 rings (SSSR count). The summed E-state index contributed by atoms with van der Waals surface area (Å²) in [6, 6.07) is 0.0188. The van der Waals surface area contributed by atoms with E-state index in [1.807, 2.05) is 14.1 Å². The predicted octanol–water partition coefficient (Wildman–Crippen LogP) is -0.220. The number of phenolic OH excluding ortho intramolecular Hbond substituents is 1. The fourth-order valence-electron chi connectivity index (χ4n) is 7.91. The summed E-state index contributed by atoms with van der Waals surface area (Å²) < 4.78 is 16.0. The van der Waals surface area contributed by atoms with Gasteiger partial charge in [0.25, 0.3) is 0 Å². The van der Waals surface area contributed by atoms with Crippen LogP contribution in [0.15, 0.2) is 6.07 Å². The Morgan fingerprint density at radius 1 is 1.12 bits per heavy atom. The van der Waals surface area contributed by atoms with E-state index in [9.17, 15) is 34.2 Å². The van der Waals surface area contributed by atoms with Crippen molar-refractivity contribution >= 4 is 29.0 Å². The summed E-state index contributed by atoms with van der Waals surface area (Å²) in [4.78, 5) is 71.9. The number of nitrogens with two attached hydrogens (primary N) is 1. The normalized spacial score (nSPS) is 32.2. The molecule has 0 bridgehead atoms. The number of likely N-dealkylation sites (N-methyl/N-ethyl adjacent to an activating group) is 1. The quantitative estimate of drug-likeness (QED) is 0.380. The number of piperidine rings is 1. The van der Waals surface area contributed by atoms with Gasteiger partial charge in [-0.1, -0.05) is 0 Å². The third-order valence-electron chi connectivity index (χ3n) is 9.79. The van der Waals surface area contributed by atoms with Gasteiger partial charge in [0.05, 0.1) is 17.5 Å². The average molecular weight is 587 g/mol. The van der Waals surface area contributed by atoms with E-state index in [1.165, 1.54) is 25.1 Å². The Balaban J connectivity index is 1.47. The molecule has 1 heterocycles. The van der Waals surface area contributed by atoms with Crippen molar-refractivity contribution in [1.82, 2.24) is 14.7 Å². The molecule has 1 saturated heterocycles. The number of likely N-dealkylation sites (tertiary alicyclic amines) is 1. The van der Waals surface area contributed by atoms with Crippen LogP contribution >= 0.6 is 0 Å². The first-order chi connectivity index (χ1) is 19.7. The largest absolute Gasteiger partial charge is 0.507 e. The molecule has 1 aromatic carbocycles. The van der Waals surface area contributed by atoms with Gasteiger partial charge in [-0.3, -0.25) is 33.8 Å². The number of hydrogen-bond acceptors (Lipinski definition) is 10. The molecule has 4 aliphatic rings. The molecule has 1 amide bonds. The summed E-state index contributed by atoms with van der Waals surface area (Å²) in [7, 11) is 7.10. The van der Waals surface area contributed by atoms with Crippen molar-refractivity contribution in [2.45, 2.75) is 43.9 Å². The highest BCUT2D eigenvalue weighted by Gasteiger charge is 2.69. The summed E-state index contributed by atoms with van der Waals surface area (Å²) in [5.41, 5.74) is 2.46. The molecule has 4 N–H and O–H groups in total. The lowest BCUT2D eigenvalue weighted by atomic mass is 9.52. The Bertz CT molecular complexity index is 1360. The van der Waals surface area contributed by atoms with Crippen LogP contribution in [0.25, 0.3) is 0 Å². The Morgan fingerprint density at radius 2 is 1.76 bits per heavy atom. The maximum absolute atomic E-state index is 16.0. The first-order valence-corrected chi connectivity index (χ1v) is 14.4. The van der Waals surface area contributed by atoms with Gasteiger partial charge in [0, 0.05) is 30.1 Å². The first kappa shape index (κ1) is 30.4. The highest BCUT2D eigenvalue weighted by atomic mass is 19.1. The molecule has 3 fully saturated rings. The zero-order valence-corrected chi connectivity index (χ0v) is 24.4. The Kier molecular flexibility index (Phi) is 7.88. The number of Topliss-reactive ketones (excluding diaryl/α,β-unsaturated/α-hetero) is 4. The monoisotopic (exact) mass is 586 g/mol. The van der Waals surface area contributed by atoms with Crippen LogP contribution in [0.5, 0.6) is 5.75 Å². The summed E-state index contributed by atoms with van der Waals surface area (Å²) in [6.07, 6.45) is 1.72. The van der Waals surface area contributed by atoms with Gasteiger partial charge in [-0.25, -0.2) is 4.39 Å². The van der Waals surface area contributed by atoms with Crippen molar-refractivity contribution in [2.24, 2.45) is 35.3 Å². The molecular formula is C30H39FN4O7. The van der Waals surface area contributed by atoms with Gasteiger partial charge in [0.1, 0.15) is 11.6 Å². The summed E-state index contributed by atoms with van der Waals surface area (Å²) >= 11 is 0. The molecule has 228 valence electrons. The zero-order valence-electron chi connectivity index (χ0n) is 24.4. The average Bonchev–Trinajstić information content (AvgIpc) is 2.89. The molecule has 0 radical (unpaired) electrons. The molecule has 2 unspecified atom stereocenters. The second-order valence-electron chi connectivity index (χ2n) is 13.0. The number of ketones is 4. The molecule has 0 spiro atoms. The van der Waals surface area contributed by atoms with Gasteiger partial charge in [0.15, 0.2) is 34.7 Å². The van der Waals surface area contributed by atoms with E-state index in [0.29, 0.717) is 5.92 Å². The van der Waals surface area contributed by atoms with Crippen LogP contribution in [0.4, 0.5) is 4.39 Å². The third-order valence-corrected chi connectivity index (χ3v) is 9.79. The molecule has 42 heavy (non-hydrogen) atoms. The molecule has 0 aromatic heterocycles. The molecule has 1 aliphatic heterocycles. The number of amides is 1. The van der Waals surface area contributed by atoms with Crippen LogP contribution in [0.1, 0.15) is 40.7 Å². The molecule has 12 heteroatoms. The van der Waals surface area contributed by atoms with Gasteiger partial charge in [0.2, 0.25) is 5.91 Å². The Hall–Kier alpha value is -3.06. The smallest absolute Gasteiger partial charge is 0.235 e. The van der Waals surface area contributed by atoms with E-state index < -0.39 is 75.9 Å². The molecule has 6 atom stereocenters. The number of primary amides is 1. The number of nitrogens with zero attached hydrogens (tertiary/aromatic N) is 3. The lowest BCUT2D eigenvalue weighted by molar-refractivity contribution is -0.181. The maximum Gasteiger partial charge on any atom is 0.235 e. The lowest BCUT2D eigenvalue weighted by Gasteiger charge is -2.52. The van der Waals surface area contributed by atoms with Gasteiger partial charge < -0.3 is 20.8 Å². The number of carbonyl (C=O) groups is 5. The second-order valence-corrected chi connectivity index (χ2v) is 13.0. The minimum atomic E-state index is -2.80. The zero-order chi connectivity index (χ0) is 30.8. The standard InChI is InChI=1S/C30H39FN4O7/c1-33(2)12-14-5-7-35(8-6-14)13-16-11-19(36)21-17(23(16)31)9-15-10-18-24(34(3)4)26(38)22(29(32)41)28(40)30(18,42)27(39)20(15)25(21)37/h11,14-15,18,20,22,24,36,42H,5-10,12-13H2,1-4H3,(H2,32,41)/t15-,18-,20?,22?,24-,30-/m0/s1. The van der Waals surface area contributed by atoms with Crippen LogP contribution in [-0.4, -0.2) is 113 Å². The Morgan fingerprint density at radius 3 is 2.33 bits per heavy atom. The number of aliphatic hydroxyl groups is 1. The van der Waals surface area contributed by atoms with E-state index in [4.69, 9.17) is 5.73 Å². The van der Waals surface area contributed by atoms with Crippen LogP contribution in [0, 0.1) is 35.4 Å². The lowest BCUT2D eigenvalue weighted by Crippen LogP contribution is -2.74. The van der Waals surface area contributed by atoms with E-state index >= 15 is 4.39 Å². The van der Waals surface area contributed by atoms with Crippen molar-refractivity contribution < 1.29 is 38.6 Å². The minimum absolute atomic E-state index is 0.00172. The Labute approximate surface area is 243 Å². The molecule has 2 saturated carbocycles. The van der Waals surface area contributed by atoms with Crippen molar-refractivity contribution in [3.63, 3.8) is 0 Å². The number of phenols is 1. The van der Waals surface area contributed by atoms with Gasteiger partial charge >= 0.3 is 0 Å². The number of aromatic hydroxyl groups is 1. The van der Waals surface area contributed by atoms with Crippen LogP contribution < -0.4 is 5.73 Å². The van der Waals surface area contributed by atoms with E-state index in [-0.39, 0.29) is 36.1 Å². The van der Waals surface area contributed by atoms with Gasteiger partial charge in [-0.2, -0.15) is 0 Å². The maximum atomic E-state index is 16.0. The fourth-order valence-corrected chi connectivity index (χ4v) is 7.91. The van der Waals surface area contributed by atoms with Crippen molar-refractivity contribution in [1.29, 1.82) is 0 Å². The number of hydrogen-bond donors (Lipinski definition) is 3. The molecular weight excluding hydrogens is 547 g/mol. The topological polar surface area (TPSA) is 162 Å². The summed E-state index contributed by atoms with van der Waals surface area (Å²) in [5.74, 6) is -11.6. The summed E-state index contributed by atoms with van der Waals surface area (Å²) in [6.45, 7) is 2.78. The highest BCUT2D eigenvalue weighted by molar-refractivity contribution is 6.32. The highest BCUT2D eigenvalue weighted by Crippen LogP contribution is 2.51. The van der Waals surface area contributed by atoms with Gasteiger partial charge in [-0.05, 0) is 84.9 Å². The molecule has 11 nitrogen and oxygen atoms in total. The number of benzene rings is 1. The minimum Gasteiger partial charge on any atom is -0.507 e. The van der Waals surface area contributed by atoms with Crippen LogP contribution in [0.2, 0.25) is 0 Å². The number of fused-ring (bicyclic) bond motifs is 3. The van der Waals surface area contributed by atoms with E-state index in [2.05, 4.69) is 9.80 Å². The fraction of sp³-hybridized carbons (Fsp3) is 0.633. The predicted molar refractivity (Wildman–Crippen MR) is 148 cm³/mol. The summed E-state index contributed by atoms with van der Waals surface area (Å²) in [5, 5.41) is 22.6. The SMILES string of the molecule is CN(C)CC1CCN(Cc2cc(O)c3c(c2F)C[C@H]2C[C@H]4[C@H](N(C)C)C(=O)C(C(N)=O)C(=O)[C@@]4(O)C(=O)C2C3=O)CC1. The number of rotatable bonds is 6. The number of halogens is 1. The van der Waals surface area contributed by atoms with Crippen LogP contribution in [-0.2, 0) is 32.1 Å². The first-order valence-electron chi connectivity index (χ1n) is 14.4.